The van der Waals surface area contributed by atoms with E-state index in [0.29, 0.717) is 4.90 Å². The Labute approximate surface area is 117 Å². The van der Waals surface area contributed by atoms with Crippen molar-refractivity contribution in [2.24, 2.45) is 0 Å². The summed E-state index contributed by atoms with van der Waals surface area (Å²) < 4.78 is 36.7. The van der Waals surface area contributed by atoms with Crippen LogP contribution in [0.2, 0.25) is 0 Å². The maximum Gasteiger partial charge on any atom is 0.406 e. The van der Waals surface area contributed by atoms with Crippen LogP contribution in [0.25, 0.3) is 0 Å². The molecule has 0 saturated heterocycles. The third kappa shape index (κ3) is 5.11. The molecule has 0 bridgehead atoms. The lowest BCUT2D eigenvalue weighted by Gasteiger charge is -2.24. The van der Waals surface area contributed by atoms with E-state index in [1.807, 2.05) is 32.0 Å². The van der Waals surface area contributed by atoms with Crippen LogP contribution in [0.4, 0.5) is 18.9 Å². The largest absolute Gasteiger partial charge is 0.406 e. The Kier molecular flexibility index (Phi) is 5.03. The number of nitrogens with zero attached hydrogens (tertiary/aromatic N) is 2. The Morgan fingerprint density at radius 1 is 1.10 bits per heavy atom. The zero-order valence-corrected chi connectivity index (χ0v) is 12.1. The quantitative estimate of drug-likeness (QED) is 0.850. The van der Waals surface area contributed by atoms with Gasteiger partial charge in [0, 0.05) is 19.8 Å². The molecular weight excluding hydrogens is 269 g/mol. The number of alkyl halides is 3. The van der Waals surface area contributed by atoms with Gasteiger partial charge in [0.2, 0.25) is 5.91 Å². The van der Waals surface area contributed by atoms with Gasteiger partial charge in [0.1, 0.15) is 6.54 Å². The Bertz CT molecular complexity index is 466. The minimum absolute atomic E-state index is 0.0878. The number of aryl methyl sites for hydroxylation is 2. The summed E-state index contributed by atoms with van der Waals surface area (Å²) in [5, 5.41) is 0. The fraction of sp³-hybridized carbons (Fsp3) is 0.500. The van der Waals surface area contributed by atoms with Gasteiger partial charge in [-0.3, -0.25) is 4.79 Å². The topological polar surface area (TPSA) is 23.6 Å². The number of halogens is 3. The van der Waals surface area contributed by atoms with E-state index < -0.39 is 18.6 Å². The molecule has 0 aliphatic heterocycles. The molecule has 6 heteroatoms. The summed E-state index contributed by atoms with van der Waals surface area (Å²) in [6, 6.07) is 5.78. The second-order valence-electron chi connectivity index (χ2n) is 5.07. The first-order chi connectivity index (χ1) is 9.08. The van der Waals surface area contributed by atoms with Crippen LogP contribution >= 0.6 is 0 Å². The summed E-state index contributed by atoms with van der Waals surface area (Å²) in [6.07, 6.45) is -4.37. The van der Waals surface area contributed by atoms with Crippen molar-refractivity contribution in [3.63, 3.8) is 0 Å². The number of anilines is 1. The molecule has 0 saturated carbocycles. The van der Waals surface area contributed by atoms with Gasteiger partial charge in [0.05, 0.1) is 6.54 Å². The normalized spacial score (nSPS) is 11.3. The smallest absolute Gasteiger partial charge is 0.365 e. The van der Waals surface area contributed by atoms with Gasteiger partial charge in [-0.05, 0) is 37.1 Å². The highest BCUT2D eigenvalue weighted by molar-refractivity contribution is 5.81. The Hall–Kier alpha value is -1.72. The third-order valence-electron chi connectivity index (χ3n) is 2.86. The van der Waals surface area contributed by atoms with Gasteiger partial charge in [0.15, 0.2) is 0 Å². The van der Waals surface area contributed by atoms with Gasteiger partial charge in [-0.25, -0.2) is 0 Å². The van der Waals surface area contributed by atoms with Crippen LogP contribution in [-0.4, -0.2) is 44.2 Å². The van der Waals surface area contributed by atoms with E-state index in [2.05, 4.69) is 0 Å². The number of hydrogen-bond donors (Lipinski definition) is 0. The van der Waals surface area contributed by atoms with E-state index >= 15 is 0 Å². The highest BCUT2D eigenvalue weighted by atomic mass is 19.4. The molecule has 0 fully saturated rings. The van der Waals surface area contributed by atoms with Crippen molar-refractivity contribution in [3.05, 3.63) is 29.3 Å². The number of carbonyl (C=O) groups is 1. The first-order valence-corrected chi connectivity index (χ1v) is 6.18. The molecule has 0 N–H and O–H groups in total. The van der Waals surface area contributed by atoms with Crippen molar-refractivity contribution >= 4 is 11.6 Å². The van der Waals surface area contributed by atoms with Crippen molar-refractivity contribution in [1.82, 2.24) is 4.90 Å². The third-order valence-corrected chi connectivity index (χ3v) is 2.86. The van der Waals surface area contributed by atoms with Crippen LogP contribution < -0.4 is 4.90 Å². The van der Waals surface area contributed by atoms with Crippen LogP contribution in [0.5, 0.6) is 0 Å². The molecule has 0 spiro atoms. The monoisotopic (exact) mass is 288 g/mol. The summed E-state index contributed by atoms with van der Waals surface area (Å²) in [7, 11) is 2.85. The van der Waals surface area contributed by atoms with E-state index in [1.165, 1.54) is 0 Å². The van der Waals surface area contributed by atoms with Crippen molar-refractivity contribution < 1.29 is 18.0 Å². The first kappa shape index (κ1) is 16.3. The molecule has 112 valence electrons. The summed E-state index contributed by atoms with van der Waals surface area (Å²) in [5.74, 6) is -0.566. The van der Waals surface area contributed by atoms with Crippen LogP contribution in [-0.2, 0) is 4.79 Å². The fourth-order valence-electron chi connectivity index (χ4n) is 1.94. The molecule has 1 aromatic carbocycles. The molecule has 0 atom stereocenters. The summed E-state index contributed by atoms with van der Waals surface area (Å²) >= 11 is 0. The standard InChI is InChI=1S/C14H19F3N2O/c1-10-5-11(2)7-12(6-10)18(3)8-13(20)19(4)9-14(15,16)17/h5-7H,8-9H2,1-4H3. The van der Waals surface area contributed by atoms with Gasteiger partial charge in [-0.1, -0.05) is 6.07 Å². The molecule has 1 rings (SSSR count). The number of rotatable bonds is 4. The van der Waals surface area contributed by atoms with E-state index in [1.54, 1.807) is 11.9 Å². The first-order valence-electron chi connectivity index (χ1n) is 6.18. The van der Waals surface area contributed by atoms with E-state index in [-0.39, 0.29) is 6.54 Å². The number of hydrogen-bond acceptors (Lipinski definition) is 2. The van der Waals surface area contributed by atoms with Crippen LogP contribution in [0, 0.1) is 13.8 Å². The van der Waals surface area contributed by atoms with Gasteiger partial charge < -0.3 is 9.80 Å². The second kappa shape index (κ2) is 6.15. The van der Waals surface area contributed by atoms with E-state index in [4.69, 9.17) is 0 Å². The molecule has 0 aliphatic rings. The van der Waals surface area contributed by atoms with E-state index in [0.717, 1.165) is 23.9 Å². The van der Waals surface area contributed by atoms with Crippen molar-refractivity contribution in [1.29, 1.82) is 0 Å². The minimum Gasteiger partial charge on any atom is -0.365 e. The molecule has 20 heavy (non-hydrogen) atoms. The molecule has 0 aromatic heterocycles. The molecule has 0 aliphatic carbocycles. The zero-order chi connectivity index (χ0) is 15.5. The Balaban J connectivity index is 2.70. The maximum atomic E-state index is 12.2. The Morgan fingerprint density at radius 2 is 1.60 bits per heavy atom. The lowest BCUT2D eigenvalue weighted by atomic mass is 10.1. The maximum absolute atomic E-state index is 12.2. The molecular formula is C14H19F3N2O. The minimum atomic E-state index is -4.37. The molecule has 3 nitrogen and oxygen atoms in total. The number of benzene rings is 1. The number of likely N-dealkylation sites (N-methyl/N-ethyl adjacent to an activating group) is 2. The number of amides is 1. The number of carbonyl (C=O) groups excluding carboxylic acids is 1. The zero-order valence-electron chi connectivity index (χ0n) is 12.1. The second-order valence-corrected chi connectivity index (χ2v) is 5.07. The van der Waals surface area contributed by atoms with Crippen molar-refractivity contribution in [3.8, 4) is 0 Å². The molecule has 0 unspecified atom stereocenters. The van der Waals surface area contributed by atoms with Crippen molar-refractivity contribution in [2.75, 3.05) is 32.1 Å². The van der Waals surface area contributed by atoms with Crippen LogP contribution in [0.15, 0.2) is 18.2 Å². The fourth-order valence-corrected chi connectivity index (χ4v) is 1.94. The average molecular weight is 288 g/mol. The summed E-state index contributed by atoms with van der Waals surface area (Å²) in [4.78, 5) is 14.1. The summed E-state index contributed by atoms with van der Waals surface area (Å²) in [6.45, 7) is 2.55. The molecule has 1 amide bonds. The van der Waals surface area contributed by atoms with Crippen LogP contribution in [0.1, 0.15) is 11.1 Å². The molecule has 0 heterocycles. The predicted molar refractivity (Wildman–Crippen MR) is 72.9 cm³/mol. The molecule has 0 radical (unpaired) electrons. The lowest BCUT2D eigenvalue weighted by molar-refractivity contribution is -0.157. The summed E-state index contributed by atoms with van der Waals surface area (Å²) in [5.41, 5.74) is 2.90. The van der Waals surface area contributed by atoms with Crippen LogP contribution in [0.3, 0.4) is 0 Å². The van der Waals surface area contributed by atoms with Gasteiger partial charge in [-0.2, -0.15) is 13.2 Å². The lowest BCUT2D eigenvalue weighted by Crippen LogP contribution is -2.41. The van der Waals surface area contributed by atoms with Gasteiger partial charge >= 0.3 is 6.18 Å². The SMILES string of the molecule is Cc1cc(C)cc(N(C)CC(=O)N(C)CC(F)(F)F)c1. The average Bonchev–Trinajstić information content (AvgIpc) is 2.25. The highest BCUT2D eigenvalue weighted by Crippen LogP contribution is 2.18. The van der Waals surface area contributed by atoms with Crippen molar-refractivity contribution in [2.45, 2.75) is 20.0 Å². The van der Waals surface area contributed by atoms with Gasteiger partial charge in [-0.15, -0.1) is 0 Å². The van der Waals surface area contributed by atoms with Gasteiger partial charge in [0.25, 0.3) is 0 Å². The Morgan fingerprint density at radius 3 is 2.05 bits per heavy atom. The highest BCUT2D eigenvalue weighted by Gasteiger charge is 2.31. The van der Waals surface area contributed by atoms with E-state index in [9.17, 15) is 18.0 Å². The predicted octanol–water partition coefficient (Wildman–Crippen LogP) is 2.76. The molecule has 1 aromatic rings.